The van der Waals surface area contributed by atoms with Crippen LogP contribution in [0, 0.1) is 0 Å². The van der Waals surface area contributed by atoms with Crippen molar-refractivity contribution in [2.75, 3.05) is 25.2 Å². The van der Waals surface area contributed by atoms with Gasteiger partial charge < -0.3 is 9.84 Å². The summed E-state index contributed by atoms with van der Waals surface area (Å²) >= 11 is 0. The molecule has 0 unspecified atom stereocenters. The molecule has 0 bridgehead atoms. The van der Waals surface area contributed by atoms with Gasteiger partial charge in [0.2, 0.25) is 5.91 Å². The van der Waals surface area contributed by atoms with Crippen molar-refractivity contribution in [1.29, 1.82) is 0 Å². The summed E-state index contributed by atoms with van der Waals surface area (Å²) in [4.78, 5) is 28.9. The summed E-state index contributed by atoms with van der Waals surface area (Å²) in [6.45, 7) is 0.903. The number of aliphatic hydroxyl groups excluding tert-OH is 1. The molecule has 2 atom stereocenters. The molecule has 0 aromatic heterocycles. The minimum absolute atomic E-state index is 0.103. The lowest BCUT2D eigenvalue weighted by Gasteiger charge is -2.38. The number of piperidine rings is 1. The van der Waals surface area contributed by atoms with Gasteiger partial charge in [-0.15, -0.1) is 0 Å². The summed E-state index contributed by atoms with van der Waals surface area (Å²) in [5.74, 6) is 0.141. The minimum Gasteiger partial charge on any atom is -0.495 e. The highest BCUT2D eigenvalue weighted by atomic mass is 16.5. The van der Waals surface area contributed by atoms with Crippen LogP contribution in [0.5, 0.6) is 5.75 Å². The van der Waals surface area contributed by atoms with E-state index in [0.717, 1.165) is 25.8 Å². The first-order chi connectivity index (χ1) is 11.7. The number of carbonyl (C=O) groups excluding carboxylic acids is 2. The monoisotopic (exact) mass is 332 g/mol. The maximum absolute atomic E-state index is 13.0. The third-order valence-electron chi connectivity index (χ3n) is 4.98. The Balaban J connectivity index is 1.86. The van der Waals surface area contributed by atoms with Crippen LogP contribution in [0.1, 0.15) is 32.1 Å². The Kier molecular flexibility index (Phi) is 5.16. The number of methoxy groups -OCH3 is 1. The first-order valence-electron chi connectivity index (χ1n) is 8.53. The second-order valence-corrected chi connectivity index (χ2v) is 6.36. The normalized spacial score (nSPS) is 25.3. The Morgan fingerprint density at radius 2 is 2.04 bits per heavy atom. The standard InChI is InChI=1S/C18H24N2O4/c1-24-16-8-3-2-7-14(16)20-17(22)12-15(18(20)23)19-10-5-4-6-13(19)9-11-21/h2-3,7-8,13,15,21H,4-6,9-12H2,1H3/t13-,15-/m0/s1. The number of amides is 2. The van der Waals surface area contributed by atoms with Gasteiger partial charge in [-0.25, -0.2) is 4.90 Å². The predicted molar refractivity (Wildman–Crippen MR) is 89.9 cm³/mol. The van der Waals surface area contributed by atoms with Crippen LogP contribution in [0.4, 0.5) is 5.69 Å². The SMILES string of the molecule is COc1ccccc1N1C(=O)C[C@H](N2CCCC[C@H]2CCO)C1=O. The third-order valence-corrected chi connectivity index (χ3v) is 4.98. The molecule has 0 spiro atoms. The number of hydrogen-bond donors (Lipinski definition) is 1. The Morgan fingerprint density at radius 1 is 1.25 bits per heavy atom. The van der Waals surface area contributed by atoms with Crippen LogP contribution >= 0.6 is 0 Å². The fourth-order valence-corrected chi connectivity index (χ4v) is 3.83. The van der Waals surface area contributed by atoms with E-state index in [0.29, 0.717) is 17.9 Å². The third kappa shape index (κ3) is 3.03. The van der Waals surface area contributed by atoms with Crippen molar-refractivity contribution < 1.29 is 19.4 Å². The van der Waals surface area contributed by atoms with E-state index in [4.69, 9.17) is 4.74 Å². The van der Waals surface area contributed by atoms with Gasteiger partial charge >= 0.3 is 0 Å². The highest BCUT2D eigenvalue weighted by molar-refractivity contribution is 6.23. The molecule has 1 N–H and O–H groups in total. The number of carbonyl (C=O) groups is 2. The van der Waals surface area contributed by atoms with Crippen LogP contribution in [-0.4, -0.2) is 54.2 Å². The molecule has 6 heteroatoms. The van der Waals surface area contributed by atoms with E-state index in [1.54, 1.807) is 18.2 Å². The summed E-state index contributed by atoms with van der Waals surface area (Å²) in [6.07, 6.45) is 3.93. The van der Waals surface area contributed by atoms with Crippen LogP contribution < -0.4 is 9.64 Å². The predicted octanol–water partition coefficient (Wildman–Crippen LogP) is 1.56. The topological polar surface area (TPSA) is 70.1 Å². The van der Waals surface area contributed by atoms with Gasteiger partial charge in [0.1, 0.15) is 5.75 Å². The molecule has 130 valence electrons. The van der Waals surface area contributed by atoms with E-state index in [-0.39, 0.29) is 30.9 Å². The molecule has 2 amide bonds. The van der Waals surface area contributed by atoms with Crippen LogP contribution in [0.2, 0.25) is 0 Å². The van der Waals surface area contributed by atoms with E-state index in [9.17, 15) is 14.7 Å². The van der Waals surface area contributed by atoms with Crippen molar-refractivity contribution in [1.82, 2.24) is 4.90 Å². The van der Waals surface area contributed by atoms with Crippen LogP contribution in [0.3, 0.4) is 0 Å². The van der Waals surface area contributed by atoms with Crippen molar-refractivity contribution in [3.8, 4) is 5.75 Å². The van der Waals surface area contributed by atoms with Crippen molar-refractivity contribution in [3.05, 3.63) is 24.3 Å². The van der Waals surface area contributed by atoms with Gasteiger partial charge in [0, 0.05) is 12.6 Å². The molecule has 0 radical (unpaired) electrons. The van der Waals surface area contributed by atoms with Crippen molar-refractivity contribution in [2.24, 2.45) is 0 Å². The van der Waals surface area contributed by atoms with Crippen LogP contribution in [0.15, 0.2) is 24.3 Å². The fourth-order valence-electron chi connectivity index (χ4n) is 3.83. The zero-order valence-electron chi connectivity index (χ0n) is 14.0. The summed E-state index contributed by atoms with van der Waals surface area (Å²) in [6, 6.07) is 6.83. The van der Waals surface area contributed by atoms with E-state index in [1.165, 1.54) is 12.0 Å². The number of para-hydroxylation sites is 2. The van der Waals surface area contributed by atoms with E-state index >= 15 is 0 Å². The molecule has 2 aliphatic rings. The largest absolute Gasteiger partial charge is 0.495 e. The number of imide groups is 1. The number of nitrogens with zero attached hydrogens (tertiary/aromatic N) is 2. The molecule has 0 aliphatic carbocycles. The molecule has 0 saturated carbocycles. The number of aliphatic hydroxyl groups is 1. The zero-order valence-corrected chi connectivity index (χ0v) is 14.0. The number of benzene rings is 1. The lowest BCUT2D eigenvalue weighted by Crippen LogP contribution is -2.50. The minimum atomic E-state index is -0.431. The molecule has 6 nitrogen and oxygen atoms in total. The lowest BCUT2D eigenvalue weighted by atomic mass is 9.97. The summed E-state index contributed by atoms with van der Waals surface area (Å²) in [5, 5.41) is 9.29. The average Bonchev–Trinajstić information content (AvgIpc) is 2.90. The number of rotatable bonds is 5. The fraction of sp³-hybridized carbons (Fsp3) is 0.556. The van der Waals surface area contributed by atoms with Gasteiger partial charge in [-0.1, -0.05) is 18.6 Å². The molecule has 2 aliphatic heterocycles. The molecular weight excluding hydrogens is 308 g/mol. The molecule has 2 fully saturated rings. The van der Waals surface area contributed by atoms with Gasteiger partial charge in [-0.2, -0.15) is 0 Å². The molecule has 1 aromatic carbocycles. The quantitative estimate of drug-likeness (QED) is 0.829. The van der Waals surface area contributed by atoms with Crippen molar-refractivity contribution in [2.45, 2.75) is 44.2 Å². The van der Waals surface area contributed by atoms with Gasteiger partial charge in [-0.05, 0) is 37.9 Å². The Morgan fingerprint density at radius 3 is 2.79 bits per heavy atom. The van der Waals surface area contributed by atoms with Crippen LogP contribution in [0.25, 0.3) is 0 Å². The molecule has 3 rings (SSSR count). The zero-order chi connectivity index (χ0) is 17.1. The Hall–Kier alpha value is -1.92. The maximum atomic E-state index is 13.0. The van der Waals surface area contributed by atoms with Crippen LogP contribution in [-0.2, 0) is 9.59 Å². The lowest BCUT2D eigenvalue weighted by molar-refractivity contribution is -0.124. The highest BCUT2D eigenvalue weighted by Gasteiger charge is 2.45. The summed E-state index contributed by atoms with van der Waals surface area (Å²) < 4.78 is 5.30. The molecule has 24 heavy (non-hydrogen) atoms. The van der Waals surface area contributed by atoms with E-state index in [1.807, 2.05) is 6.07 Å². The second kappa shape index (κ2) is 7.32. The second-order valence-electron chi connectivity index (χ2n) is 6.36. The van der Waals surface area contributed by atoms with Gasteiger partial charge in [0.25, 0.3) is 5.91 Å². The number of ether oxygens (including phenoxy) is 1. The summed E-state index contributed by atoms with van der Waals surface area (Å²) in [7, 11) is 1.53. The number of hydrogen-bond acceptors (Lipinski definition) is 5. The Bertz CT molecular complexity index is 617. The van der Waals surface area contributed by atoms with Crippen molar-refractivity contribution in [3.63, 3.8) is 0 Å². The smallest absolute Gasteiger partial charge is 0.251 e. The first kappa shape index (κ1) is 16.9. The molecule has 2 heterocycles. The average molecular weight is 332 g/mol. The van der Waals surface area contributed by atoms with E-state index < -0.39 is 6.04 Å². The molecular formula is C18H24N2O4. The highest BCUT2D eigenvalue weighted by Crippen LogP contribution is 2.35. The Labute approximate surface area is 142 Å². The van der Waals surface area contributed by atoms with Gasteiger partial charge in [0.05, 0.1) is 25.3 Å². The molecule has 1 aromatic rings. The summed E-state index contributed by atoms with van der Waals surface area (Å²) in [5.41, 5.74) is 0.508. The first-order valence-corrected chi connectivity index (χ1v) is 8.53. The van der Waals surface area contributed by atoms with Gasteiger partial charge in [-0.3, -0.25) is 14.5 Å². The number of anilines is 1. The van der Waals surface area contributed by atoms with E-state index in [2.05, 4.69) is 4.90 Å². The van der Waals surface area contributed by atoms with Gasteiger partial charge in [0.15, 0.2) is 0 Å². The maximum Gasteiger partial charge on any atom is 0.251 e. The number of likely N-dealkylation sites (tertiary alicyclic amines) is 1. The van der Waals surface area contributed by atoms with Crippen molar-refractivity contribution >= 4 is 17.5 Å². The molecule has 2 saturated heterocycles.